The molecule has 0 bridgehead atoms. The molecule has 48 heavy (non-hydrogen) atoms. The van der Waals surface area contributed by atoms with Crippen molar-refractivity contribution in [1.29, 1.82) is 0 Å². The predicted molar refractivity (Wildman–Crippen MR) is 179 cm³/mol. The third kappa shape index (κ3) is 4.81. The van der Waals surface area contributed by atoms with Crippen molar-refractivity contribution in [2.24, 2.45) is 22.7 Å². The van der Waals surface area contributed by atoms with Gasteiger partial charge in [-0.15, -0.1) is 11.8 Å². The van der Waals surface area contributed by atoms with Gasteiger partial charge in [-0.2, -0.15) is 0 Å². The maximum absolute atomic E-state index is 17.6. The molecule has 2 aromatic carbocycles. The molecule has 5 aliphatic rings. The highest BCUT2D eigenvalue weighted by Gasteiger charge is 2.80. The number of ketones is 2. The van der Waals surface area contributed by atoms with Gasteiger partial charge in [0.05, 0.1) is 12.2 Å². The van der Waals surface area contributed by atoms with Gasteiger partial charge in [-0.3, -0.25) is 9.59 Å². The zero-order valence-electron chi connectivity index (χ0n) is 27.6. The number of Topliss-reactive ketones (excluding diaryl/α,β-unsaturated/α-hetero) is 1. The molecular formula is C38H43F2NO6S. The van der Waals surface area contributed by atoms with Crippen LogP contribution in [0.5, 0.6) is 0 Å². The number of ether oxygens (including phenoxy) is 2. The molecule has 7 rings (SSSR count). The lowest BCUT2D eigenvalue weighted by atomic mass is 9.44. The molecule has 1 aliphatic heterocycles. The number of fused-ring (bicyclic) bond motifs is 7. The third-order valence-electron chi connectivity index (χ3n) is 11.9. The number of anilines is 1. The summed E-state index contributed by atoms with van der Waals surface area (Å²) in [7, 11) is 0. The summed E-state index contributed by atoms with van der Waals surface area (Å²) in [5.74, 6) is -1.84. The molecule has 0 spiro atoms. The minimum atomic E-state index is -2.29. The number of benzene rings is 2. The Morgan fingerprint density at radius 2 is 1.88 bits per heavy atom. The van der Waals surface area contributed by atoms with Crippen LogP contribution in [0.25, 0.3) is 0 Å². The minimum absolute atomic E-state index is 0.0433. The van der Waals surface area contributed by atoms with Crippen LogP contribution in [0.15, 0.2) is 77.2 Å². The van der Waals surface area contributed by atoms with Gasteiger partial charge in [-0.25, -0.2) is 8.78 Å². The Labute approximate surface area is 284 Å². The highest BCUT2D eigenvalue weighted by Crippen LogP contribution is 2.72. The Hall–Kier alpha value is -2.89. The summed E-state index contributed by atoms with van der Waals surface area (Å²) in [5, 5.41) is 25.3. The van der Waals surface area contributed by atoms with Crippen LogP contribution in [-0.4, -0.2) is 64.1 Å². The fourth-order valence-corrected chi connectivity index (χ4v) is 10.6. The van der Waals surface area contributed by atoms with Crippen LogP contribution in [0.1, 0.15) is 64.4 Å². The average molecular weight is 680 g/mol. The number of carbonyl (C=O) groups is 2. The molecule has 0 radical (unpaired) electrons. The molecule has 4 fully saturated rings. The molecule has 1 heterocycles. The Bertz CT molecular complexity index is 1680. The lowest BCUT2D eigenvalue weighted by Gasteiger charge is -2.63. The van der Waals surface area contributed by atoms with Gasteiger partial charge in [0.15, 0.2) is 29.1 Å². The summed E-state index contributed by atoms with van der Waals surface area (Å²) in [6, 6.07) is 16.4. The average Bonchev–Trinajstić information content (AvgIpc) is 3.55. The fourth-order valence-electron chi connectivity index (χ4n) is 9.66. The van der Waals surface area contributed by atoms with E-state index >= 15 is 8.78 Å². The van der Waals surface area contributed by atoms with Gasteiger partial charge in [0.2, 0.25) is 0 Å². The summed E-state index contributed by atoms with van der Waals surface area (Å²) in [6.07, 6.45) is -1.34. The quantitative estimate of drug-likeness (QED) is 0.274. The van der Waals surface area contributed by atoms with Crippen molar-refractivity contribution in [2.45, 2.75) is 99.6 Å². The van der Waals surface area contributed by atoms with Crippen LogP contribution < -0.4 is 5.32 Å². The van der Waals surface area contributed by atoms with Gasteiger partial charge < -0.3 is 25.0 Å². The summed E-state index contributed by atoms with van der Waals surface area (Å²) in [6.45, 7) is 6.71. The van der Waals surface area contributed by atoms with E-state index in [1.54, 1.807) is 25.6 Å². The van der Waals surface area contributed by atoms with Gasteiger partial charge >= 0.3 is 0 Å². The van der Waals surface area contributed by atoms with Crippen molar-refractivity contribution in [3.05, 3.63) is 83.5 Å². The second kappa shape index (κ2) is 11.9. The maximum Gasteiger partial charge on any atom is 0.193 e. The monoisotopic (exact) mass is 679 g/mol. The van der Waals surface area contributed by atoms with E-state index in [-0.39, 0.29) is 24.8 Å². The van der Waals surface area contributed by atoms with Crippen LogP contribution in [-0.2, 0) is 24.8 Å². The molecule has 0 aromatic heterocycles. The van der Waals surface area contributed by atoms with Crippen LogP contribution in [0.2, 0.25) is 0 Å². The van der Waals surface area contributed by atoms with Crippen LogP contribution >= 0.6 is 11.8 Å². The summed E-state index contributed by atoms with van der Waals surface area (Å²) < 4.78 is 46.5. The van der Waals surface area contributed by atoms with E-state index in [2.05, 4.69) is 31.3 Å². The van der Waals surface area contributed by atoms with Gasteiger partial charge in [0.1, 0.15) is 12.8 Å². The summed E-state index contributed by atoms with van der Waals surface area (Å²) in [5.41, 5.74) is -3.74. The second-order valence-corrected chi connectivity index (χ2v) is 15.9. The summed E-state index contributed by atoms with van der Waals surface area (Å²) >= 11 is 1.72. The second-order valence-electron chi connectivity index (χ2n) is 14.8. The van der Waals surface area contributed by atoms with Crippen molar-refractivity contribution >= 4 is 29.0 Å². The topological polar surface area (TPSA) is 105 Å². The highest BCUT2D eigenvalue weighted by atomic mass is 32.2. The lowest BCUT2D eigenvalue weighted by molar-refractivity contribution is -0.235. The maximum atomic E-state index is 17.6. The largest absolute Gasteiger partial charge is 0.390 e. The number of rotatable bonds is 8. The van der Waals surface area contributed by atoms with Crippen LogP contribution in [0, 0.1) is 22.7 Å². The lowest BCUT2D eigenvalue weighted by Crippen LogP contribution is -2.70. The number of nitrogens with one attached hydrogen (secondary N) is 1. The van der Waals surface area contributed by atoms with E-state index in [4.69, 9.17) is 9.47 Å². The number of aliphatic hydroxyl groups excluding tert-OH is 2. The number of hydrogen-bond donors (Lipinski definition) is 3. The van der Waals surface area contributed by atoms with Gasteiger partial charge in [0, 0.05) is 44.7 Å². The van der Waals surface area contributed by atoms with E-state index in [9.17, 15) is 19.8 Å². The first-order valence-electron chi connectivity index (χ1n) is 16.8. The zero-order valence-corrected chi connectivity index (χ0v) is 28.4. The molecule has 1 saturated heterocycles. The minimum Gasteiger partial charge on any atom is -0.390 e. The molecule has 3 saturated carbocycles. The number of allylic oxidation sites excluding steroid dienone is 4. The van der Waals surface area contributed by atoms with Crippen molar-refractivity contribution in [1.82, 2.24) is 0 Å². The van der Waals surface area contributed by atoms with E-state index in [0.717, 1.165) is 28.0 Å². The normalized spacial score (nSPS) is 39.8. The van der Waals surface area contributed by atoms with Crippen molar-refractivity contribution in [2.75, 3.05) is 11.9 Å². The molecule has 4 aliphatic carbocycles. The van der Waals surface area contributed by atoms with Gasteiger partial charge in [-0.05, 0) is 87.4 Å². The number of thioether (sulfide) groups is 1. The molecule has 0 unspecified atom stereocenters. The molecule has 10 heteroatoms. The van der Waals surface area contributed by atoms with Gasteiger partial charge in [-0.1, -0.05) is 43.3 Å². The van der Waals surface area contributed by atoms with Crippen LogP contribution in [0.3, 0.4) is 0 Å². The van der Waals surface area contributed by atoms with Crippen LogP contribution in [0.4, 0.5) is 14.5 Å². The van der Waals surface area contributed by atoms with E-state index in [1.165, 1.54) is 12.2 Å². The molecule has 3 N–H and O–H groups in total. The molecule has 0 amide bonds. The third-order valence-corrected chi connectivity index (χ3v) is 12.9. The number of aliphatic hydroxyl groups is 2. The van der Waals surface area contributed by atoms with Crippen molar-refractivity contribution < 1.29 is 38.1 Å². The molecule has 10 atom stereocenters. The molecule has 2 aromatic rings. The first kappa shape index (κ1) is 33.6. The Morgan fingerprint density at radius 1 is 1.12 bits per heavy atom. The van der Waals surface area contributed by atoms with Crippen molar-refractivity contribution in [3.63, 3.8) is 0 Å². The standard InChI is InChI=1S/C38H43F2NO6S/c1-21(2)41-24-6-5-7-26(14-24)48-20-22-8-10-23(11-9-22)34-46-33-17-27-28-16-30(39)29-15-25(43)12-13-35(29,3)37(28,40)31(44)18-36(27,4)38(33,47-34)32(45)19-42/h5-15,21,27-28,30-31,33-34,41-42,44H,16-20H2,1-4H3/t27-,28-,30-,31-,33+,34-,35-,36-,37-,38+/m0/s1. The Balaban J connectivity index is 1.13. The van der Waals surface area contributed by atoms with E-state index < -0.39 is 76.8 Å². The Kier molecular flexibility index (Phi) is 8.31. The Morgan fingerprint density at radius 3 is 2.58 bits per heavy atom. The highest BCUT2D eigenvalue weighted by molar-refractivity contribution is 7.98. The van der Waals surface area contributed by atoms with E-state index in [1.807, 2.05) is 36.4 Å². The number of halogens is 2. The van der Waals surface area contributed by atoms with E-state index in [0.29, 0.717) is 11.6 Å². The smallest absolute Gasteiger partial charge is 0.193 e. The fraction of sp³-hybridized carbons (Fsp3) is 0.526. The van der Waals surface area contributed by atoms with Gasteiger partial charge in [0.25, 0.3) is 0 Å². The first-order chi connectivity index (χ1) is 22.8. The molecule has 256 valence electrons. The summed E-state index contributed by atoms with van der Waals surface area (Å²) in [4.78, 5) is 27.1. The number of carbonyl (C=O) groups excluding carboxylic acids is 2. The predicted octanol–water partition coefficient (Wildman–Crippen LogP) is 6.44. The number of hydrogen-bond acceptors (Lipinski definition) is 8. The molecule has 7 nitrogen and oxygen atoms in total. The van der Waals surface area contributed by atoms with Crippen molar-refractivity contribution in [3.8, 4) is 0 Å². The molecular weight excluding hydrogens is 636 g/mol. The zero-order chi connectivity index (χ0) is 34.2. The first-order valence-corrected chi connectivity index (χ1v) is 17.8. The number of alkyl halides is 2. The SMILES string of the molecule is CC(C)Nc1cccc(SCc2ccc([C@H]3O[C@@H]4C[C@H]5[C@@H]6C[C@H](F)C7=CC(=O)C=C[C@]7(C)[C@@]6(F)[C@@H](O)C[C@]5(C)[C@]4(C(=O)CO)O3)cc2)c1.